The predicted octanol–water partition coefficient (Wildman–Crippen LogP) is 5.42. The van der Waals surface area contributed by atoms with Gasteiger partial charge in [-0.1, -0.05) is 43.0 Å². The number of aliphatic hydroxyl groups excluding tert-OH is 1. The number of nitrogens with zero attached hydrogens (tertiary/aromatic N) is 2. The maximum atomic E-state index is 12.5. The van der Waals surface area contributed by atoms with Gasteiger partial charge < -0.3 is 15.0 Å². The van der Waals surface area contributed by atoms with Gasteiger partial charge in [-0.3, -0.25) is 9.36 Å². The molecule has 4 rings (SSSR count). The molecule has 1 fully saturated rings. The van der Waals surface area contributed by atoms with Gasteiger partial charge in [0, 0.05) is 17.2 Å². The number of aromatic nitrogens is 2. The summed E-state index contributed by atoms with van der Waals surface area (Å²) in [6.45, 7) is 0. The zero-order valence-electron chi connectivity index (χ0n) is 20.7. The smallest absolute Gasteiger partial charge is 0.382 e. The van der Waals surface area contributed by atoms with Crippen molar-refractivity contribution in [3.05, 3.63) is 64.9 Å². The molecular formula is C26H27ClF3N3O5S. The van der Waals surface area contributed by atoms with E-state index in [0.29, 0.717) is 27.8 Å². The molecule has 1 aliphatic carbocycles. The second kappa shape index (κ2) is 11.6. The van der Waals surface area contributed by atoms with E-state index in [9.17, 15) is 31.5 Å². The first-order valence-electron chi connectivity index (χ1n) is 12.3. The van der Waals surface area contributed by atoms with Crippen LogP contribution in [0.4, 0.5) is 13.2 Å². The SMILES string of the molecule is NC(=O)C(O)c1c(C2CCCCC2)nc(-c2ccccc2Cl)n1-c1ccc(OS(=O)(=O)CCC(F)(F)F)cc1. The average molecular weight is 586 g/mol. The third-order valence-corrected chi connectivity index (χ3v) is 8.01. The molecule has 1 saturated carbocycles. The molecule has 210 valence electrons. The highest BCUT2D eigenvalue weighted by Gasteiger charge is 2.33. The molecule has 0 radical (unpaired) electrons. The summed E-state index contributed by atoms with van der Waals surface area (Å²) in [6.07, 6.45) is -3.30. The van der Waals surface area contributed by atoms with E-state index in [4.69, 9.17) is 26.5 Å². The molecule has 1 unspecified atom stereocenters. The quantitative estimate of drug-likeness (QED) is 0.323. The Kier molecular flexibility index (Phi) is 8.57. The van der Waals surface area contributed by atoms with Gasteiger partial charge in [-0.25, -0.2) is 4.98 Å². The number of carbonyl (C=O) groups is 1. The first-order valence-corrected chi connectivity index (χ1v) is 14.3. The summed E-state index contributed by atoms with van der Waals surface area (Å²) in [7, 11) is -4.50. The second-order valence-electron chi connectivity index (χ2n) is 9.37. The van der Waals surface area contributed by atoms with Crippen LogP contribution in [0.2, 0.25) is 5.02 Å². The van der Waals surface area contributed by atoms with Gasteiger partial charge in [0.1, 0.15) is 11.6 Å². The summed E-state index contributed by atoms with van der Waals surface area (Å²) in [5.74, 6) is -2.11. The molecule has 13 heteroatoms. The van der Waals surface area contributed by atoms with Crippen LogP contribution in [0.15, 0.2) is 48.5 Å². The van der Waals surface area contributed by atoms with Gasteiger partial charge in [0.2, 0.25) is 0 Å². The summed E-state index contributed by atoms with van der Waals surface area (Å²) < 4.78 is 67.9. The molecule has 39 heavy (non-hydrogen) atoms. The lowest BCUT2D eigenvalue weighted by atomic mass is 9.85. The van der Waals surface area contributed by atoms with Crippen molar-refractivity contribution in [3.8, 4) is 22.8 Å². The number of imidazole rings is 1. The Balaban J connectivity index is 1.81. The van der Waals surface area contributed by atoms with Crippen LogP contribution in [0.1, 0.15) is 61.9 Å². The van der Waals surface area contributed by atoms with Gasteiger partial charge in [-0.15, -0.1) is 0 Å². The Bertz CT molecular complexity index is 1440. The van der Waals surface area contributed by atoms with Crippen molar-refractivity contribution in [1.82, 2.24) is 9.55 Å². The van der Waals surface area contributed by atoms with Crippen molar-refractivity contribution in [2.75, 3.05) is 5.75 Å². The van der Waals surface area contributed by atoms with Gasteiger partial charge >= 0.3 is 16.3 Å². The number of primary amides is 1. The molecule has 1 aliphatic rings. The normalized spacial score (nSPS) is 15.7. The molecule has 3 aromatic rings. The summed E-state index contributed by atoms with van der Waals surface area (Å²) in [6, 6.07) is 12.3. The summed E-state index contributed by atoms with van der Waals surface area (Å²) in [5, 5.41) is 11.3. The Labute approximate surface area is 228 Å². The fourth-order valence-corrected chi connectivity index (χ4v) is 5.88. The van der Waals surface area contributed by atoms with Crippen LogP contribution >= 0.6 is 11.6 Å². The largest absolute Gasteiger partial charge is 0.390 e. The van der Waals surface area contributed by atoms with Crippen LogP contribution in [0, 0.1) is 0 Å². The topological polar surface area (TPSA) is 125 Å². The van der Waals surface area contributed by atoms with Crippen LogP contribution in [-0.4, -0.2) is 40.9 Å². The third kappa shape index (κ3) is 6.92. The number of alkyl halides is 3. The third-order valence-electron chi connectivity index (χ3n) is 6.53. The lowest BCUT2D eigenvalue weighted by Crippen LogP contribution is -2.25. The van der Waals surface area contributed by atoms with Crippen molar-refractivity contribution >= 4 is 27.6 Å². The van der Waals surface area contributed by atoms with Gasteiger partial charge in [0.25, 0.3) is 5.91 Å². The monoisotopic (exact) mass is 585 g/mol. The standard InChI is InChI=1S/C26H27ClF3N3O5S/c27-20-9-5-4-8-19(20)25-32-21(16-6-2-1-3-7-16)22(23(34)24(31)35)33(25)17-10-12-18(13-11-17)38-39(36,37)15-14-26(28,29)30/h4-5,8-13,16,23,34H,1-3,6-7,14-15H2,(H2,31,35). The average Bonchev–Trinajstić information content (AvgIpc) is 3.28. The number of halogens is 4. The van der Waals surface area contributed by atoms with Crippen LogP contribution in [0.5, 0.6) is 5.75 Å². The van der Waals surface area contributed by atoms with E-state index >= 15 is 0 Å². The fourth-order valence-electron chi connectivity index (χ4n) is 4.69. The molecule has 1 heterocycles. The maximum Gasteiger partial charge on any atom is 0.390 e. The number of hydrogen-bond acceptors (Lipinski definition) is 6. The Hall–Kier alpha value is -3.09. The van der Waals surface area contributed by atoms with Crippen molar-refractivity contribution in [2.45, 2.75) is 56.7 Å². The minimum Gasteiger partial charge on any atom is -0.382 e. The lowest BCUT2D eigenvalue weighted by molar-refractivity contribution is -0.130. The minimum atomic E-state index is -4.65. The molecule has 1 atom stereocenters. The number of carbonyl (C=O) groups excluding carboxylic acids is 1. The van der Waals surface area contributed by atoms with E-state index in [-0.39, 0.29) is 17.4 Å². The summed E-state index contributed by atoms with van der Waals surface area (Å²) in [4.78, 5) is 17.1. The molecule has 0 spiro atoms. The van der Waals surface area contributed by atoms with Crippen LogP contribution in [0.3, 0.4) is 0 Å². The van der Waals surface area contributed by atoms with E-state index in [2.05, 4.69) is 0 Å². The number of hydrogen-bond donors (Lipinski definition) is 2. The van der Waals surface area contributed by atoms with E-state index in [1.807, 2.05) is 0 Å². The molecule has 1 aromatic heterocycles. The van der Waals surface area contributed by atoms with Gasteiger partial charge in [0.05, 0.1) is 28.6 Å². The molecule has 1 amide bonds. The molecular weight excluding hydrogens is 559 g/mol. The number of nitrogens with two attached hydrogens (primary N) is 1. The Morgan fingerprint density at radius 2 is 1.77 bits per heavy atom. The van der Waals surface area contributed by atoms with Gasteiger partial charge in [-0.2, -0.15) is 21.6 Å². The first-order chi connectivity index (χ1) is 18.4. The molecule has 2 aromatic carbocycles. The fraction of sp³-hybridized carbons (Fsp3) is 0.385. The van der Waals surface area contributed by atoms with Crippen molar-refractivity contribution < 1.29 is 35.7 Å². The number of aliphatic hydroxyl groups is 1. The highest BCUT2D eigenvalue weighted by atomic mass is 35.5. The zero-order chi connectivity index (χ0) is 28.4. The van der Waals surface area contributed by atoms with Crippen molar-refractivity contribution in [2.24, 2.45) is 5.73 Å². The highest BCUT2D eigenvalue weighted by Crippen LogP contribution is 2.41. The van der Waals surface area contributed by atoms with E-state index in [1.165, 1.54) is 24.3 Å². The highest BCUT2D eigenvalue weighted by molar-refractivity contribution is 7.87. The molecule has 0 bridgehead atoms. The van der Waals surface area contributed by atoms with Crippen molar-refractivity contribution in [1.29, 1.82) is 0 Å². The molecule has 0 aliphatic heterocycles. The summed E-state index contributed by atoms with van der Waals surface area (Å²) >= 11 is 6.49. The number of rotatable bonds is 9. The van der Waals surface area contributed by atoms with E-state index < -0.39 is 40.5 Å². The van der Waals surface area contributed by atoms with E-state index in [1.54, 1.807) is 28.8 Å². The Morgan fingerprint density at radius 3 is 2.36 bits per heavy atom. The maximum absolute atomic E-state index is 12.5. The molecule has 3 N–H and O–H groups in total. The Morgan fingerprint density at radius 1 is 1.13 bits per heavy atom. The number of amides is 1. The number of benzene rings is 2. The minimum absolute atomic E-state index is 0.0355. The van der Waals surface area contributed by atoms with Crippen LogP contribution in [0.25, 0.3) is 17.1 Å². The summed E-state index contributed by atoms with van der Waals surface area (Å²) in [5.41, 5.74) is 7.11. The van der Waals surface area contributed by atoms with Gasteiger partial charge in [0.15, 0.2) is 6.10 Å². The molecule has 0 saturated heterocycles. The zero-order valence-corrected chi connectivity index (χ0v) is 22.3. The van der Waals surface area contributed by atoms with Crippen molar-refractivity contribution in [3.63, 3.8) is 0 Å². The lowest BCUT2D eigenvalue weighted by Gasteiger charge is -2.23. The second-order valence-corrected chi connectivity index (χ2v) is 11.5. The van der Waals surface area contributed by atoms with Crippen LogP contribution < -0.4 is 9.92 Å². The molecule has 8 nitrogen and oxygen atoms in total. The van der Waals surface area contributed by atoms with Gasteiger partial charge in [-0.05, 0) is 49.2 Å². The predicted molar refractivity (Wildman–Crippen MR) is 139 cm³/mol. The first kappa shape index (κ1) is 28.9. The van der Waals surface area contributed by atoms with Crippen LogP contribution in [-0.2, 0) is 14.9 Å². The van der Waals surface area contributed by atoms with E-state index in [0.717, 1.165) is 32.1 Å².